The average Bonchev–Trinajstić information content (AvgIpc) is 2.95. The lowest BCUT2D eigenvalue weighted by Gasteiger charge is -2.25. The Morgan fingerprint density at radius 1 is 1.47 bits per heavy atom. The van der Waals surface area contributed by atoms with Crippen molar-refractivity contribution in [2.24, 2.45) is 10.9 Å². The molecule has 0 aromatic heterocycles. The number of carbonyl (C=O) groups is 1. The first-order valence-electron chi connectivity index (χ1n) is 5.60. The summed E-state index contributed by atoms with van der Waals surface area (Å²) in [6.07, 6.45) is 5.21. The van der Waals surface area contributed by atoms with Crippen LogP contribution in [0.15, 0.2) is 4.99 Å². The minimum atomic E-state index is 0.0282. The maximum atomic E-state index is 11.9. The standard InChI is InChI=1S/C11H16N2O2/c1-8-6-13(8)11(15)9-3-2-4-10(5-9)12-7-14/h8-10H,2-6H2,1H3. The Balaban J connectivity index is 1.92. The van der Waals surface area contributed by atoms with Crippen molar-refractivity contribution in [2.75, 3.05) is 6.54 Å². The summed E-state index contributed by atoms with van der Waals surface area (Å²) >= 11 is 0. The highest BCUT2D eigenvalue weighted by atomic mass is 16.2. The zero-order valence-corrected chi connectivity index (χ0v) is 8.98. The smallest absolute Gasteiger partial charge is 0.235 e. The Kier molecular flexibility index (Phi) is 2.87. The van der Waals surface area contributed by atoms with Crippen LogP contribution in [0.1, 0.15) is 32.6 Å². The van der Waals surface area contributed by atoms with Crippen LogP contribution in [-0.4, -0.2) is 35.5 Å². The highest BCUT2D eigenvalue weighted by Gasteiger charge is 2.39. The number of isocyanates is 1. The van der Waals surface area contributed by atoms with Crippen molar-refractivity contribution in [3.8, 4) is 0 Å². The number of rotatable bonds is 2. The summed E-state index contributed by atoms with van der Waals surface area (Å²) in [5.41, 5.74) is 0. The zero-order valence-electron chi connectivity index (χ0n) is 8.98. The summed E-state index contributed by atoms with van der Waals surface area (Å²) in [5, 5.41) is 0. The van der Waals surface area contributed by atoms with Gasteiger partial charge in [0.25, 0.3) is 0 Å². The van der Waals surface area contributed by atoms with E-state index in [2.05, 4.69) is 11.9 Å². The molecule has 1 aliphatic carbocycles. The van der Waals surface area contributed by atoms with E-state index in [0.29, 0.717) is 6.04 Å². The molecule has 1 saturated carbocycles. The van der Waals surface area contributed by atoms with Crippen LogP contribution >= 0.6 is 0 Å². The van der Waals surface area contributed by atoms with Crippen LogP contribution in [-0.2, 0) is 9.59 Å². The third-order valence-electron chi connectivity index (χ3n) is 3.37. The molecule has 4 heteroatoms. The second kappa shape index (κ2) is 4.15. The minimum Gasteiger partial charge on any atom is -0.336 e. The van der Waals surface area contributed by atoms with Crippen LogP contribution in [0.3, 0.4) is 0 Å². The molecule has 1 aliphatic heterocycles. The summed E-state index contributed by atoms with van der Waals surface area (Å²) in [7, 11) is 0. The predicted octanol–water partition coefficient (Wildman–Crippen LogP) is 1.11. The van der Waals surface area contributed by atoms with Gasteiger partial charge in [0.1, 0.15) is 0 Å². The molecule has 82 valence electrons. The summed E-state index contributed by atoms with van der Waals surface area (Å²) in [5.74, 6) is 0.346. The van der Waals surface area contributed by atoms with Gasteiger partial charge < -0.3 is 4.90 Å². The Hall–Kier alpha value is -1.15. The van der Waals surface area contributed by atoms with Gasteiger partial charge in [-0.25, -0.2) is 9.79 Å². The second-order valence-corrected chi connectivity index (χ2v) is 4.58. The van der Waals surface area contributed by atoms with Gasteiger partial charge in [0.2, 0.25) is 12.0 Å². The summed E-state index contributed by atoms with van der Waals surface area (Å²) in [6.45, 7) is 2.96. The first-order valence-corrected chi connectivity index (χ1v) is 5.60. The summed E-state index contributed by atoms with van der Waals surface area (Å²) in [6, 6.07) is 0.452. The van der Waals surface area contributed by atoms with Crippen molar-refractivity contribution in [2.45, 2.75) is 44.7 Å². The van der Waals surface area contributed by atoms with Crippen molar-refractivity contribution >= 4 is 12.0 Å². The van der Waals surface area contributed by atoms with Crippen molar-refractivity contribution in [1.29, 1.82) is 0 Å². The van der Waals surface area contributed by atoms with Crippen LogP contribution in [0.25, 0.3) is 0 Å². The molecule has 2 fully saturated rings. The van der Waals surface area contributed by atoms with Crippen LogP contribution in [0.2, 0.25) is 0 Å². The largest absolute Gasteiger partial charge is 0.336 e. The van der Waals surface area contributed by atoms with E-state index < -0.39 is 0 Å². The van der Waals surface area contributed by atoms with Crippen molar-refractivity contribution in [3.05, 3.63) is 0 Å². The van der Waals surface area contributed by atoms with Gasteiger partial charge in [-0.1, -0.05) is 6.42 Å². The van der Waals surface area contributed by atoms with Gasteiger partial charge in [-0.05, 0) is 26.2 Å². The number of nitrogens with zero attached hydrogens (tertiary/aromatic N) is 2. The molecule has 0 spiro atoms. The van der Waals surface area contributed by atoms with E-state index in [9.17, 15) is 9.59 Å². The van der Waals surface area contributed by atoms with E-state index >= 15 is 0 Å². The van der Waals surface area contributed by atoms with E-state index in [0.717, 1.165) is 32.2 Å². The van der Waals surface area contributed by atoms with E-state index in [1.807, 2.05) is 4.90 Å². The van der Waals surface area contributed by atoms with Crippen molar-refractivity contribution in [3.63, 3.8) is 0 Å². The van der Waals surface area contributed by atoms with Gasteiger partial charge in [0, 0.05) is 18.5 Å². The fourth-order valence-corrected chi connectivity index (χ4v) is 2.36. The van der Waals surface area contributed by atoms with Crippen molar-refractivity contribution < 1.29 is 9.59 Å². The van der Waals surface area contributed by atoms with Crippen LogP contribution in [0, 0.1) is 5.92 Å². The average molecular weight is 208 g/mol. The third kappa shape index (κ3) is 2.26. The lowest BCUT2D eigenvalue weighted by Crippen LogP contribution is -2.29. The highest BCUT2D eigenvalue weighted by Crippen LogP contribution is 2.31. The van der Waals surface area contributed by atoms with Gasteiger partial charge in [-0.3, -0.25) is 4.79 Å². The molecule has 3 atom stereocenters. The number of hydrogen-bond acceptors (Lipinski definition) is 3. The zero-order chi connectivity index (χ0) is 10.8. The summed E-state index contributed by atoms with van der Waals surface area (Å²) < 4.78 is 0. The molecule has 0 radical (unpaired) electrons. The lowest BCUT2D eigenvalue weighted by atomic mass is 9.85. The molecule has 4 nitrogen and oxygen atoms in total. The molecule has 0 N–H and O–H groups in total. The maximum absolute atomic E-state index is 11.9. The Morgan fingerprint density at radius 2 is 2.20 bits per heavy atom. The predicted molar refractivity (Wildman–Crippen MR) is 55.0 cm³/mol. The monoisotopic (exact) mass is 208 g/mol. The topological polar surface area (TPSA) is 49.5 Å². The van der Waals surface area contributed by atoms with Gasteiger partial charge in [-0.2, -0.15) is 0 Å². The van der Waals surface area contributed by atoms with E-state index in [-0.39, 0.29) is 17.9 Å². The van der Waals surface area contributed by atoms with Crippen molar-refractivity contribution in [1.82, 2.24) is 4.90 Å². The van der Waals surface area contributed by atoms with Gasteiger partial charge in [0.15, 0.2) is 0 Å². The van der Waals surface area contributed by atoms with E-state index in [4.69, 9.17) is 0 Å². The molecule has 2 rings (SSSR count). The highest BCUT2D eigenvalue weighted by molar-refractivity contribution is 5.81. The van der Waals surface area contributed by atoms with Gasteiger partial charge in [-0.15, -0.1) is 0 Å². The van der Waals surface area contributed by atoms with E-state index in [1.165, 1.54) is 0 Å². The quantitative estimate of drug-likeness (QED) is 0.388. The SMILES string of the molecule is CC1CN1C(=O)C1CCCC(N=C=O)C1. The number of aliphatic imine (C=N–C) groups is 1. The molecule has 0 bridgehead atoms. The Labute approximate surface area is 89.4 Å². The van der Waals surface area contributed by atoms with Crippen LogP contribution < -0.4 is 0 Å². The first kappa shape index (κ1) is 10.4. The first-order chi connectivity index (χ1) is 7.22. The molecule has 2 aliphatic rings. The molecule has 1 saturated heterocycles. The molecular weight excluding hydrogens is 192 g/mol. The number of carbonyl (C=O) groups excluding carboxylic acids is 2. The molecule has 3 unspecified atom stereocenters. The van der Waals surface area contributed by atoms with Gasteiger partial charge >= 0.3 is 0 Å². The summed E-state index contributed by atoms with van der Waals surface area (Å²) in [4.78, 5) is 27.7. The molecule has 1 amide bonds. The number of hydrogen-bond donors (Lipinski definition) is 0. The van der Waals surface area contributed by atoms with Crippen LogP contribution in [0.4, 0.5) is 0 Å². The lowest BCUT2D eigenvalue weighted by molar-refractivity contribution is -0.131. The molecule has 1 heterocycles. The number of amides is 1. The Morgan fingerprint density at radius 3 is 2.80 bits per heavy atom. The van der Waals surface area contributed by atoms with Gasteiger partial charge in [0.05, 0.1) is 6.04 Å². The molecule has 15 heavy (non-hydrogen) atoms. The second-order valence-electron chi connectivity index (χ2n) is 4.58. The molecular formula is C11H16N2O2. The normalized spacial score (nSPS) is 34.5. The van der Waals surface area contributed by atoms with E-state index in [1.54, 1.807) is 6.08 Å². The molecule has 0 aromatic rings. The molecule has 0 aromatic carbocycles. The fourth-order valence-electron chi connectivity index (χ4n) is 2.36. The Bertz CT molecular complexity index is 310. The van der Waals surface area contributed by atoms with Crippen LogP contribution in [0.5, 0.6) is 0 Å². The maximum Gasteiger partial charge on any atom is 0.235 e. The third-order valence-corrected chi connectivity index (χ3v) is 3.37. The fraction of sp³-hybridized carbons (Fsp3) is 0.818. The minimum absolute atomic E-state index is 0.0282.